The lowest BCUT2D eigenvalue weighted by Crippen LogP contribution is -2.02. The number of rotatable bonds is 8. The van der Waals surface area contributed by atoms with Crippen molar-refractivity contribution in [3.8, 4) is 40.2 Å². The molecule has 0 bridgehead atoms. The number of aromatic nitrogens is 1. The maximum absolute atomic E-state index is 8.80. The van der Waals surface area contributed by atoms with Gasteiger partial charge in [-0.05, 0) is 24.1 Å². The van der Waals surface area contributed by atoms with Gasteiger partial charge in [-0.25, -0.2) is 0 Å². The van der Waals surface area contributed by atoms with Gasteiger partial charge in [-0.15, -0.1) is 0 Å². The topological polar surface area (TPSA) is 73.6 Å². The molecule has 0 radical (unpaired) electrons. The summed E-state index contributed by atoms with van der Waals surface area (Å²) in [5, 5.41) is 9.57. The van der Waals surface area contributed by atoms with Crippen molar-refractivity contribution in [2.24, 2.45) is 0 Å². The molecule has 2 aromatic carbocycles. The Kier molecular flexibility index (Phi) is 6.18. The van der Waals surface area contributed by atoms with E-state index >= 15 is 0 Å². The molecule has 0 saturated heterocycles. The quantitative estimate of drug-likeness (QED) is 0.533. The van der Waals surface area contributed by atoms with Gasteiger partial charge in [-0.1, -0.05) is 12.1 Å². The van der Waals surface area contributed by atoms with Crippen molar-refractivity contribution in [3.05, 3.63) is 42.6 Å². The predicted octanol–water partition coefficient (Wildman–Crippen LogP) is 4.61. The van der Waals surface area contributed by atoms with E-state index in [-0.39, 0.29) is 0 Å². The van der Waals surface area contributed by atoms with Gasteiger partial charge in [0.1, 0.15) is 23.0 Å². The van der Waals surface area contributed by atoms with Crippen LogP contribution in [-0.4, -0.2) is 32.9 Å². The van der Waals surface area contributed by atoms with Gasteiger partial charge >= 0.3 is 0 Å². The monoisotopic (exact) mass is 378 g/mol. The highest BCUT2D eigenvalue weighted by molar-refractivity contribution is 5.97. The Morgan fingerprint density at radius 3 is 2.36 bits per heavy atom. The van der Waals surface area contributed by atoms with Crippen molar-refractivity contribution in [2.75, 3.05) is 27.9 Å². The maximum Gasteiger partial charge on any atom is 0.141 e. The van der Waals surface area contributed by atoms with E-state index in [1.54, 1.807) is 27.5 Å². The lowest BCUT2D eigenvalue weighted by molar-refractivity contribution is 0.316. The highest BCUT2D eigenvalue weighted by atomic mass is 16.5. The molecule has 0 atom stereocenters. The van der Waals surface area contributed by atoms with Crippen LogP contribution in [0.3, 0.4) is 0 Å². The molecule has 0 aliphatic rings. The number of nitrogens with zero attached hydrogens (tertiary/aromatic N) is 2. The molecule has 1 aromatic heterocycles. The molecule has 0 fully saturated rings. The molecule has 6 nitrogen and oxygen atoms in total. The predicted molar refractivity (Wildman–Crippen MR) is 107 cm³/mol. The molecule has 0 N–H and O–H groups in total. The van der Waals surface area contributed by atoms with Gasteiger partial charge in [0.05, 0.1) is 44.9 Å². The average Bonchev–Trinajstić information content (AvgIpc) is 2.75. The number of hydrogen-bond acceptors (Lipinski definition) is 6. The summed E-state index contributed by atoms with van der Waals surface area (Å²) >= 11 is 0. The second-order valence-corrected chi connectivity index (χ2v) is 6.06. The Bertz CT molecular complexity index is 994. The summed E-state index contributed by atoms with van der Waals surface area (Å²) in [6.07, 6.45) is 2.86. The van der Waals surface area contributed by atoms with Crippen LogP contribution in [0.5, 0.6) is 23.0 Å². The molecule has 0 spiro atoms. The molecule has 0 aliphatic carbocycles. The summed E-state index contributed by atoms with van der Waals surface area (Å²) in [4.78, 5) is 4.60. The first-order valence-corrected chi connectivity index (χ1v) is 8.90. The fraction of sp³-hybridized carbons (Fsp3) is 0.273. The van der Waals surface area contributed by atoms with E-state index in [9.17, 15) is 0 Å². The van der Waals surface area contributed by atoms with Gasteiger partial charge in [0.25, 0.3) is 0 Å². The summed E-state index contributed by atoms with van der Waals surface area (Å²) in [6, 6.07) is 13.5. The number of fused-ring (bicyclic) bond motifs is 1. The molecular weight excluding hydrogens is 356 g/mol. The minimum atomic E-state index is 0.422. The zero-order valence-electron chi connectivity index (χ0n) is 16.2. The lowest BCUT2D eigenvalue weighted by atomic mass is 10.0. The molecule has 6 heteroatoms. The van der Waals surface area contributed by atoms with Crippen molar-refractivity contribution in [1.29, 1.82) is 5.26 Å². The van der Waals surface area contributed by atoms with Crippen molar-refractivity contribution in [3.63, 3.8) is 0 Å². The zero-order valence-corrected chi connectivity index (χ0v) is 16.2. The molecule has 0 aliphatic heterocycles. The van der Waals surface area contributed by atoms with Crippen LogP contribution >= 0.6 is 0 Å². The minimum Gasteiger partial charge on any atom is -0.497 e. The average molecular weight is 378 g/mol. The Hall–Kier alpha value is -3.46. The van der Waals surface area contributed by atoms with Crippen molar-refractivity contribution < 1.29 is 18.9 Å². The lowest BCUT2D eigenvalue weighted by Gasteiger charge is -2.17. The van der Waals surface area contributed by atoms with E-state index in [4.69, 9.17) is 24.2 Å². The molecule has 144 valence electrons. The summed E-state index contributed by atoms with van der Waals surface area (Å²) < 4.78 is 22.3. The molecular formula is C22H22N2O4. The fourth-order valence-electron chi connectivity index (χ4n) is 2.96. The highest BCUT2D eigenvalue weighted by Crippen LogP contribution is 2.42. The van der Waals surface area contributed by atoms with Crippen LogP contribution in [-0.2, 0) is 0 Å². The highest BCUT2D eigenvalue weighted by Gasteiger charge is 2.18. The number of unbranched alkanes of at least 4 members (excludes halogenated alkanes) is 1. The molecule has 3 aromatic rings. The van der Waals surface area contributed by atoms with E-state index in [0.717, 1.165) is 22.3 Å². The summed E-state index contributed by atoms with van der Waals surface area (Å²) in [5.74, 6) is 2.72. The molecule has 28 heavy (non-hydrogen) atoms. The smallest absolute Gasteiger partial charge is 0.141 e. The third-order valence-corrected chi connectivity index (χ3v) is 4.40. The first kappa shape index (κ1) is 19.3. The number of pyridine rings is 1. The third kappa shape index (κ3) is 3.94. The number of benzene rings is 2. The third-order valence-electron chi connectivity index (χ3n) is 4.40. The maximum atomic E-state index is 8.80. The van der Waals surface area contributed by atoms with Gasteiger partial charge in [-0.3, -0.25) is 4.98 Å². The van der Waals surface area contributed by atoms with Crippen molar-refractivity contribution >= 4 is 10.9 Å². The molecule has 0 saturated carbocycles. The van der Waals surface area contributed by atoms with Crippen LogP contribution in [0.1, 0.15) is 12.8 Å². The van der Waals surface area contributed by atoms with E-state index in [1.807, 2.05) is 36.4 Å². The summed E-state index contributed by atoms with van der Waals surface area (Å²) in [5.41, 5.74) is 2.50. The van der Waals surface area contributed by atoms with E-state index in [2.05, 4.69) is 11.1 Å². The second-order valence-electron chi connectivity index (χ2n) is 6.06. The summed E-state index contributed by atoms with van der Waals surface area (Å²) in [7, 11) is 4.84. The zero-order chi connectivity index (χ0) is 19.9. The van der Waals surface area contributed by atoms with E-state index < -0.39 is 0 Å². The number of nitriles is 1. The summed E-state index contributed by atoms with van der Waals surface area (Å²) in [6.45, 7) is 0.422. The molecule has 3 rings (SSSR count). The number of methoxy groups -OCH3 is 3. The standard InChI is InChI=1S/C22H22N2O4/c1-25-16-8-6-15(7-9-16)18-14-24-19-12-17(26-2)13-20(27-3)21(19)22(18)28-11-5-4-10-23/h6-9,12-14H,4-5,11H2,1-3H3. The van der Waals surface area contributed by atoms with Gasteiger partial charge in [0, 0.05) is 30.3 Å². The van der Waals surface area contributed by atoms with Crippen molar-refractivity contribution in [1.82, 2.24) is 4.98 Å². The van der Waals surface area contributed by atoms with Crippen molar-refractivity contribution in [2.45, 2.75) is 12.8 Å². The Labute approximate surface area is 164 Å². The van der Waals surface area contributed by atoms with Gasteiger partial charge in [0.2, 0.25) is 0 Å². The van der Waals surface area contributed by atoms with Crippen LogP contribution in [0.15, 0.2) is 42.6 Å². The Balaban J connectivity index is 2.17. The second kappa shape index (κ2) is 8.96. The van der Waals surface area contributed by atoms with Gasteiger partial charge < -0.3 is 18.9 Å². The first-order chi connectivity index (χ1) is 13.7. The molecule has 1 heterocycles. The normalized spacial score (nSPS) is 10.4. The Morgan fingerprint density at radius 1 is 0.964 bits per heavy atom. The van der Waals surface area contributed by atoms with Gasteiger partial charge in [-0.2, -0.15) is 5.26 Å². The van der Waals surface area contributed by atoms with Crippen LogP contribution < -0.4 is 18.9 Å². The number of ether oxygens (including phenoxy) is 4. The van der Waals surface area contributed by atoms with Crippen LogP contribution in [0.4, 0.5) is 0 Å². The number of hydrogen-bond donors (Lipinski definition) is 0. The van der Waals surface area contributed by atoms with Crippen LogP contribution in [0.2, 0.25) is 0 Å². The largest absolute Gasteiger partial charge is 0.497 e. The molecule has 0 unspecified atom stereocenters. The van der Waals surface area contributed by atoms with E-state index in [1.165, 1.54) is 0 Å². The minimum absolute atomic E-state index is 0.422. The SMILES string of the molecule is COc1ccc(-c2cnc3cc(OC)cc(OC)c3c2OCCCC#N)cc1. The molecule has 0 amide bonds. The van der Waals surface area contributed by atoms with E-state index in [0.29, 0.717) is 42.2 Å². The Morgan fingerprint density at radius 2 is 1.71 bits per heavy atom. The van der Waals surface area contributed by atoms with Crippen LogP contribution in [0, 0.1) is 11.3 Å². The fourth-order valence-corrected chi connectivity index (χ4v) is 2.96. The van der Waals surface area contributed by atoms with Crippen LogP contribution in [0.25, 0.3) is 22.0 Å². The first-order valence-electron chi connectivity index (χ1n) is 8.90. The van der Waals surface area contributed by atoms with Gasteiger partial charge in [0.15, 0.2) is 0 Å².